The Hall–Kier alpha value is -2.15. The second-order valence-corrected chi connectivity index (χ2v) is 5.56. The van der Waals surface area contributed by atoms with Crippen LogP contribution in [-0.4, -0.2) is 42.1 Å². The third kappa shape index (κ3) is 4.92. The fourth-order valence-electron chi connectivity index (χ4n) is 1.94. The number of nitrogens with zero attached hydrogens (tertiary/aromatic N) is 3. The number of aromatic nitrogens is 2. The summed E-state index contributed by atoms with van der Waals surface area (Å²) >= 11 is 0. The summed E-state index contributed by atoms with van der Waals surface area (Å²) in [5, 5.41) is 2.85. The maximum Gasteiger partial charge on any atom is 0.433 e. The smallest absolute Gasteiger partial charge is 0.353 e. The topological polar surface area (TPSA) is 41.1 Å². The minimum Gasteiger partial charge on any atom is -0.353 e. The molecule has 0 saturated heterocycles. The molecule has 0 aliphatic rings. The summed E-state index contributed by atoms with van der Waals surface area (Å²) in [4.78, 5) is 9.70. The van der Waals surface area contributed by atoms with Crippen LogP contribution >= 0.6 is 0 Å². The van der Waals surface area contributed by atoms with E-state index in [0.717, 1.165) is 11.6 Å². The Morgan fingerprint density at radius 1 is 1.09 bits per heavy atom. The molecule has 0 unspecified atom stereocenters. The summed E-state index contributed by atoms with van der Waals surface area (Å²) in [5.74, 6) is -0.0164. The zero-order chi connectivity index (χ0) is 17.0. The van der Waals surface area contributed by atoms with Crippen molar-refractivity contribution in [2.75, 3.05) is 32.5 Å². The first-order valence-corrected chi connectivity index (χ1v) is 7.17. The number of hydrogen-bond acceptors (Lipinski definition) is 4. The molecule has 0 saturated carbocycles. The highest BCUT2D eigenvalue weighted by molar-refractivity contribution is 5.61. The summed E-state index contributed by atoms with van der Waals surface area (Å²) in [6.45, 7) is 3.04. The number of alkyl halides is 3. The molecule has 1 heterocycles. The van der Waals surface area contributed by atoms with Gasteiger partial charge in [-0.1, -0.05) is 29.8 Å². The van der Waals surface area contributed by atoms with Crippen LogP contribution in [0.3, 0.4) is 0 Å². The summed E-state index contributed by atoms with van der Waals surface area (Å²) in [7, 11) is 3.76. The lowest BCUT2D eigenvalue weighted by molar-refractivity contribution is -0.141. The molecule has 0 aliphatic heterocycles. The van der Waals surface area contributed by atoms with Crippen molar-refractivity contribution in [2.24, 2.45) is 0 Å². The van der Waals surface area contributed by atoms with Crippen LogP contribution in [0.25, 0.3) is 11.3 Å². The van der Waals surface area contributed by atoms with Crippen LogP contribution in [0.2, 0.25) is 0 Å². The number of aryl methyl sites for hydroxylation is 1. The Balaban J connectivity index is 2.35. The van der Waals surface area contributed by atoms with Crippen LogP contribution in [0.5, 0.6) is 0 Å². The number of anilines is 1. The predicted molar refractivity (Wildman–Crippen MR) is 84.3 cm³/mol. The lowest BCUT2D eigenvalue weighted by Gasteiger charge is -2.13. The highest BCUT2D eigenvalue weighted by Gasteiger charge is 2.33. The monoisotopic (exact) mass is 324 g/mol. The first-order chi connectivity index (χ1) is 10.8. The molecule has 2 rings (SSSR count). The predicted octanol–water partition coefficient (Wildman–Crippen LogP) is 3.44. The van der Waals surface area contributed by atoms with Gasteiger partial charge in [0.25, 0.3) is 0 Å². The average Bonchev–Trinajstić information content (AvgIpc) is 2.46. The third-order valence-electron chi connectivity index (χ3n) is 3.21. The molecule has 0 radical (unpaired) electrons. The summed E-state index contributed by atoms with van der Waals surface area (Å²) in [6, 6.07) is 8.15. The maximum atomic E-state index is 13.1. The largest absolute Gasteiger partial charge is 0.433 e. The molecule has 0 bridgehead atoms. The van der Waals surface area contributed by atoms with E-state index in [4.69, 9.17) is 0 Å². The van der Waals surface area contributed by atoms with Gasteiger partial charge in [0.05, 0.1) is 5.69 Å². The Labute approximate surface area is 133 Å². The molecular formula is C16H19F3N4. The second-order valence-electron chi connectivity index (χ2n) is 5.56. The van der Waals surface area contributed by atoms with Gasteiger partial charge in [0.2, 0.25) is 5.95 Å². The number of likely N-dealkylation sites (N-methyl/N-ethyl adjacent to an activating group) is 1. The molecule has 1 N–H and O–H groups in total. The summed E-state index contributed by atoms with van der Waals surface area (Å²) < 4.78 is 39.2. The van der Waals surface area contributed by atoms with E-state index >= 15 is 0 Å². The zero-order valence-electron chi connectivity index (χ0n) is 13.3. The van der Waals surface area contributed by atoms with Crippen molar-refractivity contribution in [3.63, 3.8) is 0 Å². The Morgan fingerprint density at radius 2 is 1.74 bits per heavy atom. The normalized spacial score (nSPS) is 11.8. The highest BCUT2D eigenvalue weighted by atomic mass is 19.4. The lowest BCUT2D eigenvalue weighted by Crippen LogP contribution is -2.22. The fraction of sp³-hybridized carbons (Fsp3) is 0.375. The molecular weight excluding hydrogens is 305 g/mol. The molecule has 1 aromatic carbocycles. The van der Waals surface area contributed by atoms with Crippen molar-refractivity contribution in [1.82, 2.24) is 14.9 Å². The van der Waals surface area contributed by atoms with Gasteiger partial charge < -0.3 is 10.2 Å². The van der Waals surface area contributed by atoms with Crippen LogP contribution < -0.4 is 5.32 Å². The van der Waals surface area contributed by atoms with Gasteiger partial charge in [-0.05, 0) is 27.1 Å². The van der Waals surface area contributed by atoms with Gasteiger partial charge in [-0.15, -0.1) is 0 Å². The Bertz CT molecular complexity index is 651. The van der Waals surface area contributed by atoms with Crippen LogP contribution in [0.1, 0.15) is 11.3 Å². The summed E-state index contributed by atoms with van der Waals surface area (Å²) in [5.41, 5.74) is 0.956. The number of hydrogen-bond donors (Lipinski definition) is 1. The minimum absolute atomic E-state index is 0.0164. The maximum absolute atomic E-state index is 13.1. The molecule has 0 spiro atoms. The van der Waals surface area contributed by atoms with Crippen molar-refractivity contribution in [1.29, 1.82) is 0 Å². The van der Waals surface area contributed by atoms with Crippen LogP contribution in [0, 0.1) is 6.92 Å². The second kappa shape index (κ2) is 6.95. The van der Waals surface area contributed by atoms with Crippen molar-refractivity contribution in [3.8, 4) is 11.3 Å². The average molecular weight is 324 g/mol. The first kappa shape index (κ1) is 17.2. The zero-order valence-corrected chi connectivity index (χ0v) is 13.3. The van der Waals surface area contributed by atoms with E-state index in [9.17, 15) is 13.2 Å². The number of benzene rings is 1. The van der Waals surface area contributed by atoms with Crippen LogP contribution in [0.15, 0.2) is 30.3 Å². The van der Waals surface area contributed by atoms with Crippen molar-refractivity contribution in [3.05, 3.63) is 41.6 Å². The number of halogens is 3. The van der Waals surface area contributed by atoms with Crippen molar-refractivity contribution in [2.45, 2.75) is 13.1 Å². The highest BCUT2D eigenvalue weighted by Crippen LogP contribution is 2.31. The molecule has 4 nitrogen and oxygen atoms in total. The molecule has 0 fully saturated rings. The molecule has 124 valence electrons. The quantitative estimate of drug-likeness (QED) is 0.915. The number of rotatable bonds is 5. The van der Waals surface area contributed by atoms with Gasteiger partial charge in [-0.3, -0.25) is 0 Å². The standard InChI is InChI=1S/C16H19F3N4/c1-11-4-6-12(7-5-11)13-10-14(16(17,18)19)22-15(21-13)20-8-9-23(2)3/h4-7,10H,8-9H2,1-3H3,(H,20,21,22). The van der Waals surface area contributed by atoms with E-state index in [2.05, 4.69) is 15.3 Å². The van der Waals surface area contributed by atoms with Gasteiger partial charge in [-0.25, -0.2) is 9.97 Å². The van der Waals surface area contributed by atoms with E-state index in [0.29, 0.717) is 18.7 Å². The van der Waals surface area contributed by atoms with Crippen LogP contribution in [-0.2, 0) is 6.18 Å². The van der Waals surface area contributed by atoms with E-state index in [1.54, 1.807) is 12.1 Å². The lowest BCUT2D eigenvalue weighted by atomic mass is 10.1. The van der Waals surface area contributed by atoms with Gasteiger partial charge in [0, 0.05) is 18.7 Å². The van der Waals surface area contributed by atoms with E-state index < -0.39 is 11.9 Å². The minimum atomic E-state index is -4.51. The number of nitrogens with one attached hydrogen (secondary N) is 1. The van der Waals surface area contributed by atoms with Gasteiger partial charge >= 0.3 is 6.18 Å². The van der Waals surface area contributed by atoms with Crippen LogP contribution in [0.4, 0.5) is 19.1 Å². The third-order valence-corrected chi connectivity index (χ3v) is 3.21. The Kier molecular flexibility index (Phi) is 5.20. The molecule has 2 aromatic rings. The molecule has 0 amide bonds. The molecule has 7 heteroatoms. The van der Waals surface area contributed by atoms with Gasteiger partial charge in [-0.2, -0.15) is 13.2 Å². The molecule has 0 atom stereocenters. The summed E-state index contributed by atoms with van der Waals surface area (Å²) in [6.07, 6.45) is -4.51. The SMILES string of the molecule is Cc1ccc(-c2cc(C(F)(F)F)nc(NCCN(C)C)n2)cc1. The van der Waals surface area contributed by atoms with Gasteiger partial charge in [0.15, 0.2) is 5.69 Å². The molecule has 1 aromatic heterocycles. The molecule has 23 heavy (non-hydrogen) atoms. The van der Waals surface area contributed by atoms with Crippen molar-refractivity contribution >= 4 is 5.95 Å². The van der Waals surface area contributed by atoms with Crippen molar-refractivity contribution < 1.29 is 13.2 Å². The Morgan fingerprint density at radius 3 is 2.30 bits per heavy atom. The van der Waals surface area contributed by atoms with Gasteiger partial charge in [0.1, 0.15) is 0 Å². The fourth-order valence-corrected chi connectivity index (χ4v) is 1.94. The van der Waals surface area contributed by atoms with E-state index in [1.807, 2.05) is 38.1 Å². The first-order valence-electron chi connectivity index (χ1n) is 7.17. The van der Waals surface area contributed by atoms with E-state index in [1.165, 1.54) is 0 Å². The molecule has 0 aliphatic carbocycles. The van der Waals surface area contributed by atoms with E-state index in [-0.39, 0.29) is 11.6 Å².